The summed E-state index contributed by atoms with van der Waals surface area (Å²) in [6.45, 7) is 3.72. The third kappa shape index (κ3) is 4.43. The van der Waals surface area contributed by atoms with Gasteiger partial charge in [-0.25, -0.2) is 0 Å². The topological polar surface area (TPSA) is 51.7 Å². The molecule has 116 valence electrons. The normalized spacial score (nSPS) is 19.3. The minimum absolute atomic E-state index is 0.137. The van der Waals surface area contributed by atoms with Crippen LogP contribution in [0.3, 0.4) is 0 Å². The zero-order chi connectivity index (χ0) is 15.2. The van der Waals surface area contributed by atoms with Crippen LogP contribution in [0.25, 0.3) is 0 Å². The molecule has 0 aromatic carbocycles. The minimum atomic E-state index is -0.137. The SMILES string of the molecule is COC(=O)CC1CCCCN1Cc1cc(OC)cc(C)n1. The standard InChI is InChI=1S/C16H24N2O3/c1-12-8-15(20-2)9-13(17-12)11-18-7-5-4-6-14(18)10-16(19)21-3/h8-9,14H,4-7,10-11H2,1-3H3. The maximum absolute atomic E-state index is 11.5. The summed E-state index contributed by atoms with van der Waals surface area (Å²) in [5, 5.41) is 0. The number of ether oxygens (including phenoxy) is 2. The van der Waals surface area contributed by atoms with Gasteiger partial charge in [0.2, 0.25) is 0 Å². The van der Waals surface area contributed by atoms with Crippen LogP contribution in [0.4, 0.5) is 0 Å². The smallest absolute Gasteiger partial charge is 0.307 e. The van der Waals surface area contributed by atoms with E-state index in [2.05, 4.69) is 9.88 Å². The molecule has 5 nitrogen and oxygen atoms in total. The highest BCUT2D eigenvalue weighted by molar-refractivity contribution is 5.69. The monoisotopic (exact) mass is 292 g/mol. The number of aryl methyl sites for hydroxylation is 1. The molecule has 0 radical (unpaired) electrons. The minimum Gasteiger partial charge on any atom is -0.497 e. The lowest BCUT2D eigenvalue weighted by Gasteiger charge is -2.34. The maximum atomic E-state index is 11.5. The van der Waals surface area contributed by atoms with E-state index in [1.807, 2.05) is 19.1 Å². The van der Waals surface area contributed by atoms with Crippen molar-refractivity contribution in [2.75, 3.05) is 20.8 Å². The fourth-order valence-electron chi connectivity index (χ4n) is 2.88. The zero-order valence-electron chi connectivity index (χ0n) is 13.1. The Morgan fingerprint density at radius 2 is 2.19 bits per heavy atom. The summed E-state index contributed by atoms with van der Waals surface area (Å²) in [5.41, 5.74) is 1.94. The van der Waals surface area contributed by atoms with Crippen LogP contribution >= 0.6 is 0 Å². The molecule has 2 heterocycles. The molecule has 1 saturated heterocycles. The van der Waals surface area contributed by atoms with E-state index in [1.165, 1.54) is 20.0 Å². The predicted molar refractivity (Wildman–Crippen MR) is 80.2 cm³/mol. The fraction of sp³-hybridized carbons (Fsp3) is 0.625. The Labute approximate surface area is 126 Å². The summed E-state index contributed by atoms with van der Waals surface area (Å²) >= 11 is 0. The molecule has 0 saturated carbocycles. The molecule has 0 N–H and O–H groups in total. The zero-order valence-corrected chi connectivity index (χ0v) is 13.1. The van der Waals surface area contributed by atoms with Crippen LogP contribution in [-0.2, 0) is 16.1 Å². The summed E-state index contributed by atoms with van der Waals surface area (Å²) in [5.74, 6) is 0.695. The summed E-state index contributed by atoms with van der Waals surface area (Å²) in [4.78, 5) is 18.5. The fourth-order valence-corrected chi connectivity index (χ4v) is 2.88. The van der Waals surface area contributed by atoms with Gasteiger partial charge in [-0.3, -0.25) is 14.7 Å². The number of esters is 1. The van der Waals surface area contributed by atoms with Crippen molar-refractivity contribution in [2.24, 2.45) is 0 Å². The van der Waals surface area contributed by atoms with Gasteiger partial charge in [-0.15, -0.1) is 0 Å². The number of hydrogen-bond acceptors (Lipinski definition) is 5. The molecule has 0 amide bonds. The van der Waals surface area contributed by atoms with Crippen molar-refractivity contribution in [3.8, 4) is 5.75 Å². The average Bonchev–Trinajstić information content (AvgIpc) is 2.48. The van der Waals surface area contributed by atoms with Gasteiger partial charge in [0, 0.05) is 30.4 Å². The molecule has 21 heavy (non-hydrogen) atoms. The number of piperidine rings is 1. The number of aromatic nitrogens is 1. The summed E-state index contributed by atoms with van der Waals surface area (Å²) in [7, 11) is 3.11. The lowest BCUT2D eigenvalue weighted by atomic mass is 9.99. The molecule has 0 bridgehead atoms. The molecule has 1 aliphatic heterocycles. The average molecular weight is 292 g/mol. The van der Waals surface area contributed by atoms with Gasteiger partial charge in [-0.05, 0) is 26.3 Å². The van der Waals surface area contributed by atoms with Gasteiger partial charge in [-0.2, -0.15) is 0 Å². The Balaban J connectivity index is 2.08. The maximum Gasteiger partial charge on any atom is 0.307 e. The summed E-state index contributed by atoms with van der Waals surface area (Å²) in [6, 6.07) is 4.14. The van der Waals surface area contributed by atoms with Gasteiger partial charge in [0.15, 0.2) is 0 Å². The van der Waals surface area contributed by atoms with Crippen molar-refractivity contribution >= 4 is 5.97 Å². The first-order valence-corrected chi connectivity index (χ1v) is 7.45. The second-order valence-electron chi connectivity index (χ2n) is 5.54. The first-order valence-electron chi connectivity index (χ1n) is 7.45. The second kappa shape index (κ2) is 7.41. The van der Waals surface area contributed by atoms with Gasteiger partial charge in [0.1, 0.15) is 5.75 Å². The largest absolute Gasteiger partial charge is 0.497 e. The number of nitrogens with zero attached hydrogens (tertiary/aromatic N) is 2. The van der Waals surface area contributed by atoms with Crippen molar-refractivity contribution in [3.05, 3.63) is 23.5 Å². The van der Waals surface area contributed by atoms with Gasteiger partial charge in [0.25, 0.3) is 0 Å². The van der Waals surface area contributed by atoms with Crippen molar-refractivity contribution in [1.82, 2.24) is 9.88 Å². The van der Waals surface area contributed by atoms with E-state index in [0.29, 0.717) is 6.42 Å². The molecule has 1 aromatic heterocycles. The third-order valence-corrected chi connectivity index (χ3v) is 3.96. The van der Waals surface area contributed by atoms with Crippen LogP contribution < -0.4 is 4.74 Å². The molecule has 1 unspecified atom stereocenters. The molecule has 1 aromatic rings. The Bertz CT molecular complexity index is 490. The summed E-state index contributed by atoms with van der Waals surface area (Å²) < 4.78 is 10.1. The molecular weight excluding hydrogens is 268 g/mol. The van der Waals surface area contributed by atoms with Crippen LogP contribution in [0.15, 0.2) is 12.1 Å². The molecule has 1 aliphatic rings. The van der Waals surface area contributed by atoms with E-state index >= 15 is 0 Å². The number of likely N-dealkylation sites (tertiary alicyclic amines) is 1. The van der Waals surface area contributed by atoms with Crippen LogP contribution in [0.5, 0.6) is 5.75 Å². The van der Waals surface area contributed by atoms with Crippen molar-refractivity contribution < 1.29 is 14.3 Å². The van der Waals surface area contributed by atoms with Crippen LogP contribution in [0.1, 0.15) is 37.1 Å². The third-order valence-electron chi connectivity index (χ3n) is 3.96. The quantitative estimate of drug-likeness (QED) is 0.780. The number of hydrogen-bond donors (Lipinski definition) is 0. The van der Waals surface area contributed by atoms with Crippen molar-refractivity contribution in [2.45, 2.75) is 45.2 Å². The first-order chi connectivity index (χ1) is 10.1. The van der Waals surface area contributed by atoms with E-state index in [1.54, 1.807) is 7.11 Å². The van der Waals surface area contributed by atoms with Gasteiger partial charge < -0.3 is 9.47 Å². The van der Waals surface area contributed by atoms with E-state index in [9.17, 15) is 4.79 Å². The lowest BCUT2D eigenvalue weighted by molar-refractivity contribution is -0.142. The molecule has 5 heteroatoms. The molecule has 2 rings (SSSR count). The molecule has 1 atom stereocenters. The van der Waals surface area contributed by atoms with E-state index in [0.717, 1.165) is 36.6 Å². The van der Waals surface area contributed by atoms with Crippen LogP contribution in [-0.4, -0.2) is 42.7 Å². The predicted octanol–water partition coefficient (Wildman–Crippen LogP) is 2.32. The molecule has 0 aliphatic carbocycles. The van der Waals surface area contributed by atoms with E-state index in [-0.39, 0.29) is 12.0 Å². The Morgan fingerprint density at radius 3 is 2.90 bits per heavy atom. The Kier molecular flexibility index (Phi) is 5.56. The number of methoxy groups -OCH3 is 2. The first kappa shape index (κ1) is 15.8. The Morgan fingerprint density at radius 1 is 1.38 bits per heavy atom. The van der Waals surface area contributed by atoms with Crippen LogP contribution in [0, 0.1) is 6.92 Å². The number of pyridine rings is 1. The highest BCUT2D eigenvalue weighted by Crippen LogP contribution is 2.23. The van der Waals surface area contributed by atoms with E-state index < -0.39 is 0 Å². The number of carbonyl (C=O) groups is 1. The number of carbonyl (C=O) groups excluding carboxylic acids is 1. The van der Waals surface area contributed by atoms with Gasteiger partial charge in [0.05, 0.1) is 26.3 Å². The second-order valence-corrected chi connectivity index (χ2v) is 5.54. The van der Waals surface area contributed by atoms with Crippen LogP contribution in [0.2, 0.25) is 0 Å². The molecule has 1 fully saturated rings. The summed E-state index contributed by atoms with van der Waals surface area (Å²) in [6.07, 6.45) is 3.83. The lowest BCUT2D eigenvalue weighted by Crippen LogP contribution is -2.40. The highest BCUT2D eigenvalue weighted by atomic mass is 16.5. The van der Waals surface area contributed by atoms with Crippen molar-refractivity contribution in [1.29, 1.82) is 0 Å². The molecular formula is C16H24N2O3. The van der Waals surface area contributed by atoms with Crippen molar-refractivity contribution in [3.63, 3.8) is 0 Å². The Hall–Kier alpha value is -1.62. The number of rotatable bonds is 5. The highest BCUT2D eigenvalue weighted by Gasteiger charge is 2.25. The van der Waals surface area contributed by atoms with Gasteiger partial charge in [-0.1, -0.05) is 6.42 Å². The molecule has 0 spiro atoms. The van der Waals surface area contributed by atoms with Gasteiger partial charge >= 0.3 is 5.97 Å². The van der Waals surface area contributed by atoms with E-state index in [4.69, 9.17) is 9.47 Å².